The Morgan fingerprint density at radius 3 is 2.21 bits per heavy atom. The van der Waals surface area contributed by atoms with Gasteiger partial charge in [0.25, 0.3) is 0 Å². The molecular weight excluding hydrogens is 454 g/mol. The average Bonchev–Trinajstić information content (AvgIpc) is 2.82. The maximum Gasteiger partial charge on any atom is 0.410 e. The van der Waals surface area contributed by atoms with Gasteiger partial charge < -0.3 is 44.3 Å². The molecule has 3 rings (SSSR count). The molecule has 3 fully saturated rings. The highest BCUT2D eigenvalue weighted by atomic mass is 16.7. The van der Waals surface area contributed by atoms with Gasteiger partial charge in [-0.1, -0.05) is 6.42 Å². The highest BCUT2D eigenvalue weighted by Gasteiger charge is 2.51. The average molecular weight is 490 g/mol. The number of aliphatic hydroxyl groups is 3. The number of aliphatic hydroxyl groups excluding tert-OH is 3. The largest absolute Gasteiger partial charge is 0.480 e. The van der Waals surface area contributed by atoms with Crippen molar-refractivity contribution in [2.45, 2.75) is 95.3 Å². The Morgan fingerprint density at radius 2 is 1.62 bits per heavy atom. The van der Waals surface area contributed by atoms with Crippen LogP contribution in [-0.2, 0) is 28.5 Å². The number of carboxylic acid groups (broad SMARTS) is 1. The summed E-state index contributed by atoms with van der Waals surface area (Å²) < 4.78 is 22.0. The van der Waals surface area contributed by atoms with E-state index >= 15 is 0 Å². The van der Waals surface area contributed by atoms with Crippen molar-refractivity contribution >= 4 is 18.0 Å². The van der Waals surface area contributed by atoms with E-state index in [4.69, 9.17) is 18.9 Å². The summed E-state index contributed by atoms with van der Waals surface area (Å²) in [5.74, 6) is -2.07. The van der Waals surface area contributed by atoms with Gasteiger partial charge in [0.05, 0.1) is 18.8 Å². The van der Waals surface area contributed by atoms with E-state index in [9.17, 15) is 34.8 Å². The van der Waals surface area contributed by atoms with Crippen LogP contribution in [0.2, 0.25) is 0 Å². The first-order chi connectivity index (χ1) is 16.1. The standard InChI is InChI=1S/C22H35NO11/c1-3-31-20(29)22(19(27)28)8-10-23(11-9-22)21(30)34-14-7-5-4-6-13(14)33-18-17(26)16(25)15(24)12(2)32-18/h12-18,24-26H,3-11H2,1-2H3,(H,27,28)/t12-,13+,14+,15+,16+,17-,18-/m0/s1. The number of hydrogen-bond donors (Lipinski definition) is 4. The van der Waals surface area contributed by atoms with Gasteiger partial charge in [0.2, 0.25) is 0 Å². The summed E-state index contributed by atoms with van der Waals surface area (Å²) in [6.45, 7) is 3.26. The van der Waals surface area contributed by atoms with Gasteiger partial charge in [0.15, 0.2) is 11.7 Å². The summed E-state index contributed by atoms with van der Waals surface area (Å²) in [6.07, 6.45) is -5.43. The minimum atomic E-state index is -1.68. The van der Waals surface area contributed by atoms with Crippen LogP contribution in [-0.4, -0.2) is 106 Å². The fourth-order valence-corrected chi connectivity index (χ4v) is 4.70. The molecule has 12 nitrogen and oxygen atoms in total. The van der Waals surface area contributed by atoms with Crippen LogP contribution < -0.4 is 0 Å². The van der Waals surface area contributed by atoms with E-state index in [1.807, 2.05) is 0 Å². The topological polar surface area (TPSA) is 172 Å². The Kier molecular flexibility index (Phi) is 8.74. The number of amides is 1. The molecule has 0 aromatic carbocycles. The molecular formula is C22H35NO11. The van der Waals surface area contributed by atoms with Crippen LogP contribution in [0.4, 0.5) is 4.79 Å². The predicted octanol–water partition coefficient (Wildman–Crippen LogP) is 0.00820. The molecule has 3 aliphatic rings. The van der Waals surface area contributed by atoms with Crippen LogP contribution in [0.25, 0.3) is 0 Å². The summed E-state index contributed by atoms with van der Waals surface area (Å²) in [7, 11) is 0. The maximum absolute atomic E-state index is 12.8. The number of likely N-dealkylation sites (tertiary alicyclic amines) is 1. The lowest BCUT2D eigenvalue weighted by Crippen LogP contribution is -2.58. The fraction of sp³-hybridized carbons (Fsp3) is 0.864. The summed E-state index contributed by atoms with van der Waals surface area (Å²) >= 11 is 0. The molecule has 0 bridgehead atoms. The quantitative estimate of drug-likeness (QED) is 0.292. The second-order valence-corrected chi connectivity index (χ2v) is 9.16. The smallest absolute Gasteiger partial charge is 0.410 e. The van der Waals surface area contributed by atoms with Crippen molar-refractivity contribution in [1.29, 1.82) is 0 Å². The normalized spacial score (nSPS) is 35.9. The molecule has 1 saturated carbocycles. The molecule has 0 radical (unpaired) electrons. The monoisotopic (exact) mass is 489 g/mol. The van der Waals surface area contributed by atoms with Gasteiger partial charge in [-0.05, 0) is 46.0 Å². The number of carbonyl (C=O) groups excluding carboxylic acids is 2. The van der Waals surface area contributed by atoms with Crippen molar-refractivity contribution < 1.29 is 53.8 Å². The first-order valence-electron chi connectivity index (χ1n) is 11.8. The molecule has 2 heterocycles. The Hall–Kier alpha value is -1.99. The van der Waals surface area contributed by atoms with Crippen LogP contribution in [0.5, 0.6) is 0 Å². The molecule has 0 aromatic rings. The van der Waals surface area contributed by atoms with Gasteiger partial charge in [-0.25, -0.2) is 4.79 Å². The molecule has 194 valence electrons. The van der Waals surface area contributed by atoms with Crippen LogP contribution >= 0.6 is 0 Å². The molecule has 2 saturated heterocycles. The number of rotatable bonds is 6. The summed E-state index contributed by atoms with van der Waals surface area (Å²) in [5, 5.41) is 39.7. The zero-order valence-corrected chi connectivity index (χ0v) is 19.5. The Balaban J connectivity index is 1.59. The van der Waals surface area contributed by atoms with Crippen molar-refractivity contribution in [3.63, 3.8) is 0 Å². The number of carbonyl (C=O) groups is 3. The Bertz CT molecular complexity index is 738. The molecule has 1 amide bonds. The highest BCUT2D eigenvalue weighted by Crippen LogP contribution is 2.35. The number of ether oxygens (including phenoxy) is 4. The van der Waals surface area contributed by atoms with Gasteiger partial charge in [0, 0.05) is 13.1 Å². The SMILES string of the molecule is CCOC(=O)C1(C(=O)O)CCN(C(=O)O[C@@H]2CCCC[C@H]2O[C@@H]2O[C@@H](C)[C@@H](O)[C@@H](O)[C@@H]2O)CC1. The van der Waals surface area contributed by atoms with Crippen LogP contribution in [0.1, 0.15) is 52.4 Å². The van der Waals surface area contributed by atoms with E-state index in [2.05, 4.69) is 0 Å². The lowest BCUT2D eigenvalue weighted by atomic mass is 9.78. The van der Waals surface area contributed by atoms with E-state index in [1.165, 1.54) is 4.90 Å². The fourth-order valence-electron chi connectivity index (χ4n) is 4.70. The first kappa shape index (κ1) is 26.6. The molecule has 34 heavy (non-hydrogen) atoms. The predicted molar refractivity (Wildman–Crippen MR) is 113 cm³/mol. The minimum Gasteiger partial charge on any atom is -0.480 e. The van der Waals surface area contributed by atoms with Crippen molar-refractivity contribution in [2.75, 3.05) is 19.7 Å². The minimum absolute atomic E-state index is 0.0221. The van der Waals surface area contributed by atoms with Gasteiger partial charge >= 0.3 is 18.0 Å². The van der Waals surface area contributed by atoms with E-state index in [0.29, 0.717) is 12.8 Å². The Labute approximate surface area is 197 Å². The number of nitrogens with zero attached hydrogens (tertiary/aromatic N) is 1. The molecule has 0 aromatic heterocycles. The summed E-state index contributed by atoms with van der Waals surface area (Å²) in [4.78, 5) is 38.2. The second-order valence-electron chi connectivity index (χ2n) is 9.16. The summed E-state index contributed by atoms with van der Waals surface area (Å²) in [5.41, 5.74) is -1.68. The van der Waals surface area contributed by atoms with Crippen molar-refractivity contribution in [1.82, 2.24) is 4.90 Å². The molecule has 0 spiro atoms. The maximum atomic E-state index is 12.8. The molecule has 2 aliphatic heterocycles. The molecule has 12 heteroatoms. The van der Waals surface area contributed by atoms with Gasteiger partial charge in [-0.3, -0.25) is 9.59 Å². The third-order valence-corrected chi connectivity index (χ3v) is 6.96. The number of aliphatic carboxylic acids is 1. The van der Waals surface area contributed by atoms with E-state index in [-0.39, 0.29) is 32.5 Å². The van der Waals surface area contributed by atoms with E-state index < -0.39 is 66.4 Å². The first-order valence-corrected chi connectivity index (χ1v) is 11.8. The highest BCUT2D eigenvalue weighted by molar-refractivity contribution is 5.99. The molecule has 4 N–H and O–H groups in total. The third kappa shape index (κ3) is 5.46. The zero-order chi connectivity index (χ0) is 25.0. The number of esters is 1. The zero-order valence-electron chi connectivity index (χ0n) is 19.5. The van der Waals surface area contributed by atoms with Gasteiger partial charge in [-0.2, -0.15) is 0 Å². The third-order valence-electron chi connectivity index (χ3n) is 6.96. The van der Waals surface area contributed by atoms with Crippen LogP contribution in [0.3, 0.4) is 0 Å². The molecule has 7 atom stereocenters. The van der Waals surface area contributed by atoms with E-state index in [1.54, 1.807) is 13.8 Å². The van der Waals surface area contributed by atoms with Crippen molar-refractivity contribution in [3.05, 3.63) is 0 Å². The van der Waals surface area contributed by atoms with Gasteiger partial charge in [0.1, 0.15) is 24.4 Å². The second kappa shape index (κ2) is 11.2. The van der Waals surface area contributed by atoms with Crippen LogP contribution in [0, 0.1) is 5.41 Å². The lowest BCUT2D eigenvalue weighted by Gasteiger charge is -2.42. The lowest BCUT2D eigenvalue weighted by molar-refractivity contribution is -0.312. The van der Waals surface area contributed by atoms with Crippen LogP contribution in [0.15, 0.2) is 0 Å². The summed E-state index contributed by atoms with van der Waals surface area (Å²) in [6, 6.07) is 0. The number of piperidine rings is 1. The molecule has 1 aliphatic carbocycles. The molecule has 0 unspecified atom stereocenters. The van der Waals surface area contributed by atoms with Crippen molar-refractivity contribution in [2.24, 2.45) is 5.41 Å². The number of hydrogen-bond acceptors (Lipinski definition) is 10. The Morgan fingerprint density at radius 1 is 1.00 bits per heavy atom. The number of carboxylic acids is 1. The van der Waals surface area contributed by atoms with E-state index in [0.717, 1.165) is 12.8 Å². The van der Waals surface area contributed by atoms with Gasteiger partial charge in [-0.15, -0.1) is 0 Å². The van der Waals surface area contributed by atoms with Crippen molar-refractivity contribution in [3.8, 4) is 0 Å².